The molecule has 1 heterocycles. The summed E-state index contributed by atoms with van der Waals surface area (Å²) in [6, 6.07) is 10.4. The van der Waals surface area contributed by atoms with Crippen LogP contribution in [0.1, 0.15) is 16.7 Å². The largest absolute Gasteiger partial charge is 0.256 e. The van der Waals surface area contributed by atoms with Crippen LogP contribution in [0.2, 0.25) is 0 Å². The molecule has 0 radical (unpaired) electrons. The molecule has 2 heteroatoms. The number of rotatable bonds is 2. The normalized spacial score (nSPS) is 10.4. The Kier molecular flexibility index (Phi) is 3.25. The van der Waals surface area contributed by atoms with E-state index in [1.165, 1.54) is 11.1 Å². The lowest BCUT2D eigenvalue weighted by Gasteiger charge is -2.05. The zero-order valence-corrected chi connectivity index (χ0v) is 10.3. The Bertz CT molecular complexity index is 486. The summed E-state index contributed by atoms with van der Waals surface area (Å²) in [7, 11) is 0. The highest BCUT2D eigenvalue weighted by Gasteiger charge is 2.02. The average Bonchev–Trinajstić information content (AvgIpc) is 2.28. The Hall–Kier alpha value is -1.34. The first kappa shape index (κ1) is 11.2. The van der Waals surface area contributed by atoms with Gasteiger partial charge in [-0.2, -0.15) is 0 Å². The molecule has 0 atom stereocenters. The van der Waals surface area contributed by atoms with Crippen LogP contribution in [0, 0.1) is 13.8 Å². The van der Waals surface area contributed by atoms with Gasteiger partial charge in [0.25, 0.3) is 0 Å². The molecular formula is C14H14ClN. The summed E-state index contributed by atoms with van der Waals surface area (Å²) >= 11 is 5.82. The van der Waals surface area contributed by atoms with Crippen LogP contribution in [0.15, 0.2) is 36.5 Å². The summed E-state index contributed by atoms with van der Waals surface area (Å²) in [5.74, 6) is 0.528. The van der Waals surface area contributed by atoms with Crippen molar-refractivity contribution in [2.24, 2.45) is 0 Å². The van der Waals surface area contributed by atoms with Gasteiger partial charge in [0.1, 0.15) is 0 Å². The molecule has 0 aliphatic rings. The van der Waals surface area contributed by atoms with Gasteiger partial charge in [-0.3, -0.25) is 4.98 Å². The Labute approximate surface area is 101 Å². The van der Waals surface area contributed by atoms with E-state index in [4.69, 9.17) is 11.6 Å². The molecule has 0 fully saturated rings. The molecule has 82 valence electrons. The third-order valence-corrected chi connectivity index (χ3v) is 2.80. The first-order valence-electron chi connectivity index (χ1n) is 5.28. The van der Waals surface area contributed by atoms with E-state index in [1.54, 1.807) is 0 Å². The van der Waals surface area contributed by atoms with Crippen molar-refractivity contribution in [1.29, 1.82) is 0 Å². The van der Waals surface area contributed by atoms with Gasteiger partial charge in [-0.05, 0) is 43.7 Å². The highest BCUT2D eigenvalue weighted by molar-refractivity contribution is 6.17. The van der Waals surface area contributed by atoms with E-state index in [-0.39, 0.29) is 0 Å². The fourth-order valence-electron chi connectivity index (χ4n) is 1.84. The summed E-state index contributed by atoms with van der Waals surface area (Å²) in [5, 5.41) is 0. The number of hydrogen-bond acceptors (Lipinski definition) is 1. The number of halogens is 1. The minimum Gasteiger partial charge on any atom is -0.256 e. The van der Waals surface area contributed by atoms with E-state index in [0.717, 1.165) is 16.8 Å². The maximum atomic E-state index is 5.82. The van der Waals surface area contributed by atoms with Crippen LogP contribution in [-0.2, 0) is 5.88 Å². The topological polar surface area (TPSA) is 12.9 Å². The second-order valence-corrected chi connectivity index (χ2v) is 4.33. The molecule has 2 aromatic rings. The highest BCUT2D eigenvalue weighted by Crippen LogP contribution is 2.21. The first-order chi connectivity index (χ1) is 7.69. The zero-order valence-electron chi connectivity index (χ0n) is 9.50. The SMILES string of the molecule is Cc1cc(C)cc(-c2cc(CCl)ccn2)c1. The molecule has 0 aliphatic heterocycles. The molecule has 0 N–H and O–H groups in total. The number of nitrogens with zero attached hydrogens (tertiary/aromatic N) is 1. The fourth-order valence-corrected chi connectivity index (χ4v) is 2.00. The second kappa shape index (κ2) is 4.67. The maximum Gasteiger partial charge on any atom is 0.0705 e. The van der Waals surface area contributed by atoms with E-state index < -0.39 is 0 Å². The van der Waals surface area contributed by atoms with Gasteiger partial charge >= 0.3 is 0 Å². The predicted octanol–water partition coefficient (Wildman–Crippen LogP) is 4.10. The lowest BCUT2D eigenvalue weighted by Crippen LogP contribution is -1.88. The average molecular weight is 232 g/mol. The van der Waals surface area contributed by atoms with Crippen molar-refractivity contribution < 1.29 is 0 Å². The van der Waals surface area contributed by atoms with Gasteiger partial charge in [0, 0.05) is 17.6 Å². The first-order valence-corrected chi connectivity index (χ1v) is 5.82. The molecule has 0 unspecified atom stereocenters. The monoisotopic (exact) mass is 231 g/mol. The second-order valence-electron chi connectivity index (χ2n) is 4.06. The van der Waals surface area contributed by atoms with Gasteiger partial charge < -0.3 is 0 Å². The van der Waals surface area contributed by atoms with Gasteiger partial charge in [-0.1, -0.05) is 17.2 Å². The number of alkyl halides is 1. The number of hydrogen-bond donors (Lipinski definition) is 0. The molecule has 0 spiro atoms. The molecule has 0 amide bonds. The van der Waals surface area contributed by atoms with Crippen LogP contribution < -0.4 is 0 Å². The molecule has 1 aromatic heterocycles. The van der Waals surface area contributed by atoms with Crippen LogP contribution in [-0.4, -0.2) is 4.98 Å². The predicted molar refractivity (Wildman–Crippen MR) is 68.7 cm³/mol. The maximum absolute atomic E-state index is 5.82. The Morgan fingerprint density at radius 3 is 2.38 bits per heavy atom. The van der Waals surface area contributed by atoms with E-state index >= 15 is 0 Å². The fraction of sp³-hybridized carbons (Fsp3) is 0.214. The number of benzene rings is 1. The Balaban J connectivity index is 2.49. The van der Waals surface area contributed by atoms with Crippen molar-refractivity contribution >= 4 is 11.6 Å². The third kappa shape index (κ3) is 2.42. The van der Waals surface area contributed by atoms with Crippen molar-refractivity contribution in [3.63, 3.8) is 0 Å². The van der Waals surface area contributed by atoms with Gasteiger partial charge in [-0.15, -0.1) is 11.6 Å². The molecule has 0 saturated carbocycles. The lowest BCUT2D eigenvalue weighted by molar-refractivity contribution is 1.26. The van der Waals surface area contributed by atoms with Crippen molar-refractivity contribution in [1.82, 2.24) is 4.98 Å². The Morgan fingerprint density at radius 1 is 1.06 bits per heavy atom. The molecular weight excluding hydrogens is 218 g/mol. The van der Waals surface area contributed by atoms with Crippen LogP contribution in [0.4, 0.5) is 0 Å². The highest BCUT2D eigenvalue weighted by atomic mass is 35.5. The van der Waals surface area contributed by atoms with Crippen LogP contribution in [0.5, 0.6) is 0 Å². The van der Waals surface area contributed by atoms with Crippen molar-refractivity contribution in [3.8, 4) is 11.3 Å². The smallest absolute Gasteiger partial charge is 0.0705 e. The van der Waals surface area contributed by atoms with Gasteiger partial charge in [0.2, 0.25) is 0 Å². The minimum absolute atomic E-state index is 0.528. The number of aryl methyl sites for hydroxylation is 2. The molecule has 0 bridgehead atoms. The van der Waals surface area contributed by atoms with Crippen LogP contribution in [0.25, 0.3) is 11.3 Å². The number of aromatic nitrogens is 1. The van der Waals surface area contributed by atoms with E-state index in [2.05, 4.69) is 37.0 Å². The minimum atomic E-state index is 0.528. The molecule has 0 aliphatic carbocycles. The Morgan fingerprint density at radius 2 is 1.75 bits per heavy atom. The molecule has 0 saturated heterocycles. The molecule has 16 heavy (non-hydrogen) atoms. The summed E-state index contributed by atoms with van der Waals surface area (Å²) in [6.07, 6.45) is 1.81. The van der Waals surface area contributed by atoms with E-state index in [0.29, 0.717) is 5.88 Å². The summed E-state index contributed by atoms with van der Waals surface area (Å²) in [5.41, 5.74) is 5.77. The van der Waals surface area contributed by atoms with Crippen LogP contribution >= 0.6 is 11.6 Å². The molecule has 1 nitrogen and oxygen atoms in total. The van der Waals surface area contributed by atoms with Crippen molar-refractivity contribution in [3.05, 3.63) is 53.2 Å². The quantitative estimate of drug-likeness (QED) is 0.709. The standard InChI is InChI=1S/C14H14ClN/c1-10-5-11(2)7-13(6-10)14-8-12(9-15)3-4-16-14/h3-8H,9H2,1-2H3. The van der Waals surface area contributed by atoms with Gasteiger partial charge in [0.15, 0.2) is 0 Å². The summed E-state index contributed by atoms with van der Waals surface area (Å²) in [4.78, 5) is 4.38. The summed E-state index contributed by atoms with van der Waals surface area (Å²) in [6.45, 7) is 4.20. The molecule has 1 aromatic carbocycles. The van der Waals surface area contributed by atoms with Crippen LogP contribution in [0.3, 0.4) is 0 Å². The zero-order chi connectivity index (χ0) is 11.5. The third-order valence-electron chi connectivity index (χ3n) is 2.50. The van der Waals surface area contributed by atoms with Crippen molar-refractivity contribution in [2.75, 3.05) is 0 Å². The van der Waals surface area contributed by atoms with E-state index in [1.807, 2.05) is 18.3 Å². The van der Waals surface area contributed by atoms with E-state index in [9.17, 15) is 0 Å². The number of pyridine rings is 1. The van der Waals surface area contributed by atoms with Crippen molar-refractivity contribution in [2.45, 2.75) is 19.7 Å². The summed E-state index contributed by atoms with van der Waals surface area (Å²) < 4.78 is 0. The van der Waals surface area contributed by atoms with Gasteiger partial charge in [0.05, 0.1) is 5.69 Å². The van der Waals surface area contributed by atoms with Gasteiger partial charge in [-0.25, -0.2) is 0 Å². The lowest BCUT2D eigenvalue weighted by atomic mass is 10.0. The molecule has 2 rings (SSSR count).